The quantitative estimate of drug-likeness (QED) is 0.322. The minimum atomic E-state index is 0. The fourth-order valence-corrected chi connectivity index (χ4v) is 2.31. The molecule has 0 aromatic carbocycles. The minimum absolute atomic E-state index is 0. The average Bonchev–Trinajstić information content (AvgIpc) is 2.91. The molecule has 6 heteroatoms. The average molecular weight is 397 g/mol. The highest BCUT2D eigenvalue weighted by molar-refractivity contribution is 14.0. The second-order valence-corrected chi connectivity index (χ2v) is 4.81. The Morgan fingerprint density at radius 2 is 2.26 bits per heavy atom. The molecule has 1 atom stereocenters. The first-order chi connectivity index (χ1) is 8.77. The predicted molar refractivity (Wildman–Crippen MR) is 94.0 cm³/mol. The molecule has 1 aromatic heterocycles. The van der Waals surface area contributed by atoms with Crippen molar-refractivity contribution < 1.29 is 4.74 Å². The summed E-state index contributed by atoms with van der Waals surface area (Å²) in [6, 6.07) is 2.17. The van der Waals surface area contributed by atoms with Crippen LogP contribution in [0.1, 0.15) is 25.3 Å². The molecule has 2 N–H and O–H groups in total. The monoisotopic (exact) mass is 397 g/mol. The zero-order valence-electron chi connectivity index (χ0n) is 11.8. The number of halogens is 1. The molecule has 0 saturated carbocycles. The van der Waals surface area contributed by atoms with Crippen LogP contribution in [0, 0.1) is 0 Å². The summed E-state index contributed by atoms with van der Waals surface area (Å²) in [5.41, 5.74) is 1.37. The number of thiophene rings is 1. The minimum Gasteiger partial charge on any atom is -0.380 e. The normalized spacial score (nSPS) is 12.7. The van der Waals surface area contributed by atoms with E-state index in [1.165, 1.54) is 5.56 Å². The van der Waals surface area contributed by atoms with Gasteiger partial charge in [-0.25, -0.2) is 0 Å². The van der Waals surface area contributed by atoms with Crippen molar-refractivity contribution in [1.29, 1.82) is 0 Å². The van der Waals surface area contributed by atoms with Gasteiger partial charge in [-0.1, -0.05) is 6.92 Å². The zero-order chi connectivity index (χ0) is 13.2. The standard InChI is InChI=1S/C13H23N3OS.HI/c1-4-17-7-6-15-13(14-3)16-9-11(2)12-5-8-18-10-12;/h5,8,10-11H,4,6-7,9H2,1-3H3,(H2,14,15,16);1H. The summed E-state index contributed by atoms with van der Waals surface area (Å²) < 4.78 is 5.27. The van der Waals surface area contributed by atoms with Crippen molar-refractivity contribution in [1.82, 2.24) is 10.6 Å². The molecule has 0 aliphatic heterocycles. The van der Waals surface area contributed by atoms with Crippen molar-refractivity contribution in [3.63, 3.8) is 0 Å². The lowest BCUT2D eigenvalue weighted by Crippen LogP contribution is -2.40. The first-order valence-corrected chi connectivity index (χ1v) is 7.26. The molecule has 0 radical (unpaired) electrons. The fourth-order valence-electron chi connectivity index (χ4n) is 1.53. The molecule has 1 heterocycles. The number of hydrogen-bond donors (Lipinski definition) is 2. The first kappa shape index (κ1) is 18.7. The lowest BCUT2D eigenvalue weighted by molar-refractivity contribution is 0.152. The number of hydrogen-bond acceptors (Lipinski definition) is 3. The van der Waals surface area contributed by atoms with Crippen LogP contribution in [-0.2, 0) is 4.74 Å². The van der Waals surface area contributed by atoms with Crippen LogP contribution in [0.25, 0.3) is 0 Å². The third-order valence-corrected chi connectivity index (χ3v) is 3.36. The molecule has 0 spiro atoms. The summed E-state index contributed by atoms with van der Waals surface area (Å²) in [5, 5.41) is 10.8. The summed E-state index contributed by atoms with van der Waals surface area (Å²) in [6.45, 7) is 7.32. The van der Waals surface area contributed by atoms with Crippen LogP contribution in [0.2, 0.25) is 0 Å². The molecular weight excluding hydrogens is 373 g/mol. The van der Waals surface area contributed by atoms with Crippen LogP contribution in [0.3, 0.4) is 0 Å². The third-order valence-electron chi connectivity index (χ3n) is 2.65. The van der Waals surface area contributed by atoms with Crippen molar-refractivity contribution in [3.05, 3.63) is 22.4 Å². The second-order valence-electron chi connectivity index (χ2n) is 4.03. The van der Waals surface area contributed by atoms with Crippen LogP contribution < -0.4 is 10.6 Å². The fraction of sp³-hybridized carbons (Fsp3) is 0.615. The Morgan fingerprint density at radius 3 is 2.84 bits per heavy atom. The van der Waals surface area contributed by atoms with Crippen molar-refractivity contribution in [2.45, 2.75) is 19.8 Å². The Bertz CT molecular complexity index is 344. The van der Waals surface area contributed by atoms with E-state index >= 15 is 0 Å². The largest absolute Gasteiger partial charge is 0.380 e. The molecule has 0 bridgehead atoms. The molecule has 4 nitrogen and oxygen atoms in total. The molecule has 1 aromatic rings. The van der Waals surface area contributed by atoms with E-state index in [1.807, 2.05) is 6.92 Å². The van der Waals surface area contributed by atoms with Gasteiger partial charge in [0.25, 0.3) is 0 Å². The molecule has 0 saturated heterocycles. The van der Waals surface area contributed by atoms with Crippen LogP contribution in [0.4, 0.5) is 0 Å². The van der Waals surface area contributed by atoms with Gasteiger partial charge < -0.3 is 15.4 Å². The van der Waals surface area contributed by atoms with Gasteiger partial charge in [-0.2, -0.15) is 11.3 Å². The molecule has 0 aliphatic carbocycles. The topological polar surface area (TPSA) is 45.6 Å². The molecule has 1 unspecified atom stereocenters. The van der Waals surface area contributed by atoms with Gasteiger partial charge in [-0.3, -0.25) is 4.99 Å². The Hall–Kier alpha value is -0.340. The van der Waals surface area contributed by atoms with Crippen molar-refractivity contribution >= 4 is 41.3 Å². The van der Waals surface area contributed by atoms with E-state index in [0.29, 0.717) is 12.5 Å². The van der Waals surface area contributed by atoms with Gasteiger partial charge in [0.15, 0.2) is 5.96 Å². The van der Waals surface area contributed by atoms with E-state index in [9.17, 15) is 0 Å². The SMILES string of the molecule is CCOCCNC(=NC)NCC(C)c1ccsc1.I. The molecule has 0 aliphatic rings. The van der Waals surface area contributed by atoms with Gasteiger partial charge in [0.05, 0.1) is 6.61 Å². The van der Waals surface area contributed by atoms with Crippen molar-refractivity contribution in [2.75, 3.05) is 33.4 Å². The highest BCUT2D eigenvalue weighted by Crippen LogP contribution is 2.16. The molecular formula is C13H24IN3OS. The molecule has 110 valence electrons. The maximum atomic E-state index is 5.27. The highest BCUT2D eigenvalue weighted by Gasteiger charge is 2.06. The van der Waals surface area contributed by atoms with E-state index in [0.717, 1.165) is 25.7 Å². The number of nitrogens with zero attached hydrogens (tertiary/aromatic N) is 1. The van der Waals surface area contributed by atoms with Gasteiger partial charge in [0.2, 0.25) is 0 Å². The van der Waals surface area contributed by atoms with Crippen LogP contribution in [-0.4, -0.2) is 39.3 Å². The number of guanidine groups is 1. The van der Waals surface area contributed by atoms with E-state index in [-0.39, 0.29) is 24.0 Å². The van der Waals surface area contributed by atoms with E-state index in [4.69, 9.17) is 4.74 Å². The Morgan fingerprint density at radius 1 is 1.47 bits per heavy atom. The van der Waals surface area contributed by atoms with Crippen molar-refractivity contribution in [2.24, 2.45) is 4.99 Å². The molecule has 0 fully saturated rings. The van der Waals surface area contributed by atoms with Gasteiger partial charge in [0.1, 0.15) is 0 Å². The number of rotatable bonds is 7. The first-order valence-electron chi connectivity index (χ1n) is 6.32. The van der Waals surface area contributed by atoms with Gasteiger partial charge >= 0.3 is 0 Å². The lowest BCUT2D eigenvalue weighted by Gasteiger charge is -2.15. The maximum Gasteiger partial charge on any atom is 0.191 e. The summed E-state index contributed by atoms with van der Waals surface area (Å²) >= 11 is 1.74. The lowest BCUT2D eigenvalue weighted by atomic mass is 10.1. The summed E-state index contributed by atoms with van der Waals surface area (Å²) in [4.78, 5) is 4.18. The highest BCUT2D eigenvalue weighted by atomic mass is 127. The summed E-state index contributed by atoms with van der Waals surface area (Å²) in [6.07, 6.45) is 0. The Kier molecular flexibility index (Phi) is 11.3. The summed E-state index contributed by atoms with van der Waals surface area (Å²) in [5.74, 6) is 1.32. The molecule has 1 rings (SSSR count). The van der Waals surface area contributed by atoms with E-state index < -0.39 is 0 Å². The maximum absolute atomic E-state index is 5.27. The van der Waals surface area contributed by atoms with Crippen LogP contribution in [0.15, 0.2) is 21.8 Å². The Balaban J connectivity index is 0.00000324. The zero-order valence-corrected chi connectivity index (χ0v) is 15.0. The smallest absolute Gasteiger partial charge is 0.191 e. The van der Waals surface area contributed by atoms with Crippen molar-refractivity contribution in [3.8, 4) is 0 Å². The van der Waals surface area contributed by atoms with Gasteiger partial charge in [-0.15, -0.1) is 24.0 Å². The van der Waals surface area contributed by atoms with Gasteiger partial charge in [-0.05, 0) is 35.2 Å². The predicted octanol–water partition coefficient (Wildman–Crippen LogP) is 2.67. The number of nitrogens with one attached hydrogen (secondary N) is 2. The van der Waals surface area contributed by atoms with Crippen LogP contribution >= 0.6 is 35.3 Å². The molecule has 19 heavy (non-hydrogen) atoms. The second kappa shape index (κ2) is 11.5. The Labute approximate surface area is 137 Å². The summed E-state index contributed by atoms with van der Waals surface area (Å²) in [7, 11) is 1.78. The molecule has 0 amide bonds. The number of ether oxygens (including phenoxy) is 1. The van der Waals surface area contributed by atoms with Gasteiger partial charge in [0, 0.05) is 26.7 Å². The number of aliphatic imine (C=N–C) groups is 1. The van der Waals surface area contributed by atoms with E-state index in [1.54, 1.807) is 18.4 Å². The third kappa shape index (κ3) is 7.74. The van der Waals surface area contributed by atoms with E-state index in [2.05, 4.69) is 39.4 Å². The van der Waals surface area contributed by atoms with Crippen LogP contribution in [0.5, 0.6) is 0 Å².